The number of pyridine rings is 1. The number of fused-ring (bicyclic) bond motifs is 3. The van der Waals surface area contributed by atoms with Gasteiger partial charge in [-0.2, -0.15) is 13.2 Å². The Morgan fingerprint density at radius 2 is 1.68 bits per heavy atom. The van der Waals surface area contributed by atoms with Gasteiger partial charge in [-0.3, -0.25) is 9.47 Å². The van der Waals surface area contributed by atoms with E-state index in [1.54, 1.807) is 12.1 Å². The molecular formula is C26H27ClF3N7O. The lowest BCUT2D eigenvalue weighted by molar-refractivity contribution is -0.310. The highest BCUT2D eigenvalue weighted by molar-refractivity contribution is 6.30. The molecule has 0 aliphatic carbocycles. The zero-order valence-electron chi connectivity index (χ0n) is 21.1. The predicted octanol–water partition coefficient (Wildman–Crippen LogP) is 3.91. The van der Waals surface area contributed by atoms with E-state index in [9.17, 15) is 13.2 Å². The lowest BCUT2D eigenvalue weighted by Crippen LogP contribution is -2.73. The fourth-order valence-corrected chi connectivity index (χ4v) is 6.52. The van der Waals surface area contributed by atoms with E-state index in [0.717, 1.165) is 43.4 Å². The molecule has 3 saturated heterocycles. The minimum Gasteiger partial charge on any atom is -0.377 e. The Morgan fingerprint density at radius 1 is 0.947 bits per heavy atom. The van der Waals surface area contributed by atoms with E-state index in [-0.39, 0.29) is 18.5 Å². The van der Waals surface area contributed by atoms with Gasteiger partial charge in [0.25, 0.3) is 0 Å². The number of ether oxygens (including phenoxy) is 1. The number of aromatic nitrogens is 4. The number of anilines is 2. The summed E-state index contributed by atoms with van der Waals surface area (Å²) in [6.07, 6.45) is -4.44. The van der Waals surface area contributed by atoms with Crippen LogP contribution in [0.2, 0.25) is 5.02 Å². The summed E-state index contributed by atoms with van der Waals surface area (Å²) in [5, 5.41) is 9.33. The molecule has 2 aromatic heterocycles. The first-order valence-electron chi connectivity index (χ1n) is 12.6. The molecule has 8 nitrogen and oxygen atoms in total. The first-order chi connectivity index (χ1) is 18.1. The quantitative estimate of drug-likeness (QED) is 0.494. The van der Waals surface area contributed by atoms with Crippen LogP contribution in [-0.4, -0.2) is 75.8 Å². The second-order valence-electron chi connectivity index (χ2n) is 11.3. The van der Waals surface area contributed by atoms with Crippen molar-refractivity contribution in [1.82, 2.24) is 24.6 Å². The third-order valence-electron chi connectivity index (χ3n) is 8.30. The molecule has 0 atom stereocenters. The summed E-state index contributed by atoms with van der Waals surface area (Å²) in [5.74, 6) is 2.14. The third-order valence-corrected chi connectivity index (χ3v) is 8.53. The molecule has 3 fully saturated rings. The second kappa shape index (κ2) is 8.06. The second-order valence-corrected chi connectivity index (χ2v) is 11.7. The summed E-state index contributed by atoms with van der Waals surface area (Å²) in [7, 11) is 0. The molecule has 4 aliphatic heterocycles. The van der Waals surface area contributed by atoms with Gasteiger partial charge >= 0.3 is 6.18 Å². The van der Waals surface area contributed by atoms with Gasteiger partial charge in [-0.1, -0.05) is 11.6 Å². The zero-order chi connectivity index (χ0) is 26.4. The number of aryl methyl sites for hydroxylation is 2. The van der Waals surface area contributed by atoms with E-state index in [1.165, 1.54) is 10.5 Å². The van der Waals surface area contributed by atoms with Crippen molar-refractivity contribution in [3.8, 4) is 5.69 Å². The minimum atomic E-state index is -4.44. The van der Waals surface area contributed by atoms with Gasteiger partial charge in [0.15, 0.2) is 11.4 Å². The van der Waals surface area contributed by atoms with Crippen molar-refractivity contribution in [2.75, 3.05) is 49.2 Å². The van der Waals surface area contributed by atoms with Crippen molar-refractivity contribution < 1.29 is 17.9 Å². The monoisotopic (exact) mass is 545 g/mol. The molecule has 1 aromatic carbocycles. The average Bonchev–Trinajstić information content (AvgIpc) is 3.05. The molecule has 0 bridgehead atoms. The molecule has 1 spiro atoms. The van der Waals surface area contributed by atoms with E-state index < -0.39 is 24.9 Å². The van der Waals surface area contributed by atoms with Crippen molar-refractivity contribution in [3.05, 3.63) is 58.0 Å². The van der Waals surface area contributed by atoms with Crippen LogP contribution in [0.3, 0.4) is 0 Å². The number of nitrogens with zero attached hydrogens (tertiary/aromatic N) is 7. The molecule has 0 amide bonds. The Kier molecular flexibility index (Phi) is 5.13. The van der Waals surface area contributed by atoms with E-state index in [4.69, 9.17) is 16.3 Å². The van der Waals surface area contributed by atoms with Crippen molar-refractivity contribution in [3.63, 3.8) is 0 Å². The van der Waals surface area contributed by atoms with Gasteiger partial charge in [-0.05, 0) is 55.3 Å². The van der Waals surface area contributed by atoms with Crippen LogP contribution >= 0.6 is 11.6 Å². The van der Waals surface area contributed by atoms with Crippen molar-refractivity contribution in [1.29, 1.82) is 0 Å². The minimum absolute atomic E-state index is 0.00725. The van der Waals surface area contributed by atoms with E-state index >= 15 is 0 Å². The van der Waals surface area contributed by atoms with Crippen LogP contribution in [-0.2, 0) is 17.8 Å². The molecule has 6 heterocycles. The normalized spacial score (nSPS) is 21.7. The molecule has 0 saturated carbocycles. The van der Waals surface area contributed by atoms with Crippen LogP contribution in [0.5, 0.6) is 0 Å². The van der Waals surface area contributed by atoms with Gasteiger partial charge in [-0.15, -0.1) is 10.2 Å². The van der Waals surface area contributed by atoms with Gasteiger partial charge in [-0.25, -0.2) is 4.98 Å². The van der Waals surface area contributed by atoms with Crippen LogP contribution in [0.25, 0.3) is 5.69 Å². The molecule has 4 aliphatic rings. The first-order valence-corrected chi connectivity index (χ1v) is 13.0. The maximum absolute atomic E-state index is 14.2. The Hall–Kier alpha value is -2.89. The standard InChI is InChI=1S/C26H27ClF3N7O/c1-16-5-17(2)31-21(6-16)34-10-24(11-34)12-35(13-24)23-33-32-22-9-36(25(14-38-15-25)26(28,29)30)8-18-7-19(27)3-4-20(18)37(22)23/h3-7H,8-15H2,1-2H3. The Balaban J connectivity index is 1.16. The molecule has 200 valence electrons. The summed E-state index contributed by atoms with van der Waals surface area (Å²) in [5.41, 5.74) is 1.78. The number of alkyl halides is 3. The third kappa shape index (κ3) is 3.55. The molecule has 0 N–H and O–H groups in total. The molecule has 3 aromatic rings. The highest BCUT2D eigenvalue weighted by Crippen LogP contribution is 2.46. The SMILES string of the molecule is Cc1cc(C)nc(N2CC3(C2)CN(c2nnc4n2-c2ccc(Cl)cc2CN(C2(C(F)(F)F)COC2)C4)C3)c1. The van der Waals surface area contributed by atoms with Crippen molar-refractivity contribution in [2.45, 2.75) is 38.7 Å². The highest BCUT2D eigenvalue weighted by atomic mass is 35.5. The van der Waals surface area contributed by atoms with Gasteiger partial charge in [0, 0.05) is 48.9 Å². The molecule has 7 rings (SSSR count). The number of rotatable bonds is 3. The average molecular weight is 546 g/mol. The van der Waals surface area contributed by atoms with Gasteiger partial charge in [0.05, 0.1) is 25.4 Å². The molecule has 0 radical (unpaired) electrons. The van der Waals surface area contributed by atoms with E-state index in [1.807, 2.05) is 17.6 Å². The van der Waals surface area contributed by atoms with Gasteiger partial charge in [0.2, 0.25) is 5.95 Å². The summed E-state index contributed by atoms with van der Waals surface area (Å²) in [4.78, 5) is 10.6. The Bertz CT molecular complexity index is 1400. The summed E-state index contributed by atoms with van der Waals surface area (Å²) < 4.78 is 49.7. The smallest absolute Gasteiger partial charge is 0.377 e. The van der Waals surface area contributed by atoms with E-state index in [0.29, 0.717) is 22.4 Å². The number of hydrogen-bond acceptors (Lipinski definition) is 7. The Labute approximate surface area is 223 Å². The van der Waals surface area contributed by atoms with E-state index in [2.05, 4.69) is 44.0 Å². The topological polar surface area (TPSA) is 62.6 Å². The van der Waals surface area contributed by atoms with Crippen LogP contribution < -0.4 is 9.80 Å². The molecular weight excluding hydrogens is 519 g/mol. The van der Waals surface area contributed by atoms with Gasteiger partial charge < -0.3 is 14.5 Å². The molecule has 38 heavy (non-hydrogen) atoms. The summed E-state index contributed by atoms with van der Waals surface area (Å²) in [6, 6.07) is 9.53. The zero-order valence-corrected chi connectivity index (χ0v) is 21.9. The van der Waals surface area contributed by atoms with Crippen molar-refractivity contribution >= 4 is 23.4 Å². The van der Waals surface area contributed by atoms with Crippen LogP contribution in [0.4, 0.5) is 24.9 Å². The number of benzene rings is 1. The lowest BCUT2D eigenvalue weighted by Gasteiger charge is -2.60. The van der Waals surface area contributed by atoms with Gasteiger partial charge in [0.1, 0.15) is 5.82 Å². The fourth-order valence-electron chi connectivity index (χ4n) is 6.33. The largest absolute Gasteiger partial charge is 0.411 e. The maximum Gasteiger partial charge on any atom is 0.411 e. The van der Waals surface area contributed by atoms with Crippen LogP contribution in [0.15, 0.2) is 30.3 Å². The highest BCUT2D eigenvalue weighted by Gasteiger charge is 2.64. The fraction of sp³-hybridized carbons (Fsp3) is 0.500. The first kappa shape index (κ1) is 24.2. The lowest BCUT2D eigenvalue weighted by atomic mass is 9.73. The number of hydrogen-bond donors (Lipinski definition) is 0. The number of halogens is 4. The predicted molar refractivity (Wildman–Crippen MR) is 136 cm³/mol. The van der Waals surface area contributed by atoms with Crippen LogP contribution in [0.1, 0.15) is 22.6 Å². The Morgan fingerprint density at radius 3 is 2.34 bits per heavy atom. The summed E-state index contributed by atoms with van der Waals surface area (Å²) >= 11 is 6.29. The van der Waals surface area contributed by atoms with Crippen molar-refractivity contribution in [2.24, 2.45) is 5.41 Å². The summed E-state index contributed by atoms with van der Waals surface area (Å²) in [6.45, 7) is 6.82. The van der Waals surface area contributed by atoms with Crippen LogP contribution in [0, 0.1) is 19.3 Å². The molecule has 0 unspecified atom stereocenters. The molecule has 12 heteroatoms. The maximum atomic E-state index is 14.2.